The Labute approximate surface area is 252 Å². The molecule has 2 aliphatic heterocycles. The number of amides is 1. The first-order chi connectivity index (χ1) is 20.6. The first-order valence-corrected chi connectivity index (χ1v) is 15.6. The fourth-order valence-electron chi connectivity index (χ4n) is 7.30. The number of anilines is 3. The molecule has 1 amide bonds. The van der Waals surface area contributed by atoms with Crippen LogP contribution in [0.1, 0.15) is 78.3 Å². The van der Waals surface area contributed by atoms with Gasteiger partial charge in [0.25, 0.3) is 0 Å². The van der Waals surface area contributed by atoms with Crippen molar-refractivity contribution in [2.45, 2.75) is 96.3 Å². The molecule has 8 nitrogen and oxygen atoms in total. The number of rotatable bonds is 6. The van der Waals surface area contributed by atoms with Crippen molar-refractivity contribution in [3.8, 4) is 11.3 Å². The van der Waals surface area contributed by atoms with Crippen molar-refractivity contribution in [2.75, 3.05) is 16.8 Å². The molecule has 0 unspecified atom stereocenters. The Bertz CT molecular complexity index is 1710. The SMILES string of the molecule is CC(C)n1cnc2cc(-c3ccc4c(c3)N([C@H]3C[C@@H](N5CCCC[C@@H]5C)C3)C(=O)C4(C)C)nc(Nc3ccncc3F)c21. The van der Waals surface area contributed by atoms with E-state index < -0.39 is 11.2 Å². The van der Waals surface area contributed by atoms with Crippen LogP contribution < -0.4 is 10.2 Å². The lowest BCUT2D eigenvalue weighted by Gasteiger charge is -2.50. The zero-order valence-corrected chi connectivity index (χ0v) is 25.6. The Hall–Kier alpha value is -3.85. The van der Waals surface area contributed by atoms with Gasteiger partial charge in [0.05, 0.1) is 34.8 Å². The molecule has 0 radical (unpaired) electrons. The number of nitrogens with zero attached hydrogens (tertiary/aromatic N) is 6. The van der Waals surface area contributed by atoms with E-state index in [1.165, 1.54) is 32.0 Å². The van der Waals surface area contributed by atoms with Crippen LogP contribution in [0.15, 0.2) is 49.1 Å². The van der Waals surface area contributed by atoms with Gasteiger partial charge in [0, 0.05) is 41.6 Å². The summed E-state index contributed by atoms with van der Waals surface area (Å²) in [7, 11) is 0. The van der Waals surface area contributed by atoms with Gasteiger partial charge in [0.1, 0.15) is 5.52 Å². The van der Waals surface area contributed by atoms with Crippen molar-refractivity contribution in [1.29, 1.82) is 0 Å². The normalized spacial score (nSPS) is 23.6. The third-order valence-electron chi connectivity index (χ3n) is 9.89. The number of carbonyl (C=O) groups is 1. The number of fused-ring (bicyclic) bond motifs is 2. The van der Waals surface area contributed by atoms with Crippen LogP contribution in [0.4, 0.5) is 21.6 Å². The zero-order valence-electron chi connectivity index (χ0n) is 25.6. The molecule has 0 spiro atoms. The van der Waals surface area contributed by atoms with Crippen molar-refractivity contribution in [2.24, 2.45) is 0 Å². The molecule has 1 saturated heterocycles. The van der Waals surface area contributed by atoms with Crippen molar-refractivity contribution in [1.82, 2.24) is 24.4 Å². The molecule has 4 aromatic rings. The van der Waals surface area contributed by atoms with E-state index in [1.807, 2.05) is 30.5 Å². The fourth-order valence-corrected chi connectivity index (χ4v) is 7.30. The van der Waals surface area contributed by atoms with E-state index in [-0.39, 0.29) is 18.0 Å². The molecule has 2 fully saturated rings. The van der Waals surface area contributed by atoms with Crippen LogP contribution >= 0.6 is 0 Å². The number of nitrogens with one attached hydrogen (secondary N) is 1. The largest absolute Gasteiger partial charge is 0.336 e. The summed E-state index contributed by atoms with van der Waals surface area (Å²) in [6, 6.07) is 11.3. The van der Waals surface area contributed by atoms with Crippen molar-refractivity contribution in [3.05, 3.63) is 60.4 Å². The summed E-state index contributed by atoms with van der Waals surface area (Å²) in [5.74, 6) is 0.240. The number of hydrogen-bond acceptors (Lipinski definition) is 6. The summed E-state index contributed by atoms with van der Waals surface area (Å²) in [5.41, 5.74) is 4.93. The van der Waals surface area contributed by atoms with Gasteiger partial charge in [-0.25, -0.2) is 14.4 Å². The number of aromatic nitrogens is 4. The molecule has 5 heterocycles. The van der Waals surface area contributed by atoms with E-state index >= 15 is 0 Å². The molecule has 1 saturated carbocycles. The van der Waals surface area contributed by atoms with Gasteiger partial charge in [-0.2, -0.15) is 0 Å². The molecule has 7 rings (SSSR count). The maximum absolute atomic E-state index is 14.7. The van der Waals surface area contributed by atoms with Crippen LogP contribution in [0.2, 0.25) is 0 Å². The van der Waals surface area contributed by atoms with E-state index in [4.69, 9.17) is 9.97 Å². The summed E-state index contributed by atoms with van der Waals surface area (Å²) in [4.78, 5) is 32.2. The van der Waals surface area contributed by atoms with Gasteiger partial charge < -0.3 is 14.8 Å². The summed E-state index contributed by atoms with van der Waals surface area (Å²) in [6.07, 6.45) is 10.4. The second-order valence-electron chi connectivity index (χ2n) is 13.3. The van der Waals surface area contributed by atoms with Crippen molar-refractivity contribution >= 4 is 34.1 Å². The second-order valence-corrected chi connectivity index (χ2v) is 13.3. The minimum Gasteiger partial charge on any atom is -0.336 e. The van der Waals surface area contributed by atoms with Crippen molar-refractivity contribution in [3.63, 3.8) is 0 Å². The van der Waals surface area contributed by atoms with Gasteiger partial charge in [-0.1, -0.05) is 18.6 Å². The topological polar surface area (TPSA) is 79.2 Å². The Kier molecular flexibility index (Phi) is 6.76. The highest BCUT2D eigenvalue weighted by molar-refractivity contribution is 6.08. The van der Waals surface area contributed by atoms with E-state index in [0.717, 1.165) is 40.7 Å². The van der Waals surface area contributed by atoms with E-state index in [2.05, 4.69) is 53.0 Å². The molecule has 3 aliphatic rings. The molecule has 1 aliphatic carbocycles. The first kappa shape index (κ1) is 28.0. The van der Waals surface area contributed by atoms with Crippen LogP contribution in [0, 0.1) is 5.82 Å². The van der Waals surface area contributed by atoms with Crippen molar-refractivity contribution < 1.29 is 9.18 Å². The number of pyridine rings is 2. The zero-order chi connectivity index (χ0) is 30.0. The lowest BCUT2D eigenvalue weighted by Crippen LogP contribution is -2.58. The Morgan fingerprint density at radius 2 is 1.91 bits per heavy atom. The predicted octanol–water partition coefficient (Wildman–Crippen LogP) is 6.99. The predicted molar refractivity (Wildman–Crippen MR) is 168 cm³/mol. The van der Waals surface area contributed by atoms with E-state index in [1.54, 1.807) is 18.6 Å². The molecular formula is C34H40FN7O. The van der Waals surface area contributed by atoms with Gasteiger partial charge in [-0.15, -0.1) is 0 Å². The van der Waals surface area contributed by atoms with Gasteiger partial charge >= 0.3 is 0 Å². The Morgan fingerprint density at radius 1 is 1.09 bits per heavy atom. The molecule has 0 bridgehead atoms. The van der Waals surface area contributed by atoms with Gasteiger partial charge in [-0.3, -0.25) is 14.7 Å². The number of imidazole rings is 1. The average Bonchev–Trinajstić information content (AvgIpc) is 3.48. The number of benzene rings is 1. The van der Waals surface area contributed by atoms with E-state index in [9.17, 15) is 9.18 Å². The minimum atomic E-state index is -0.587. The number of carbonyl (C=O) groups excluding carboxylic acids is 1. The maximum atomic E-state index is 14.7. The van der Waals surface area contributed by atoms with Gasteiger partial charge in [0.15, 0.2) is 11.6 Å². The number of likely N-dealkylation sites (tertiary alicyclic amines) is 1. The Morgan fingerprint density at radius 3 is 2.65 bits per heavy atom. The summed E-state index contributed by atoms with van der Waals surface area (Å²) >= 11 is 0. The molecule has 1 atom stereocenters. The first-order valence-electron chi connectivity index (χ1n) is 15.6. The average molecular weight is 582 g/mol. The van der Waals surface area contributed by atoms with E-state index in [0.29, 0.717) is 29.3 Å². The number of hydrogen-bond donors (Lipinski definition) is 1. The highest BCUT2D eigenvalue weighted by atomic mass is 19.1. The van der Waals surface area contributed by atoms with Crippen LogP contribution in [-0.4, -0.2) is 55.0 Å². The lowest BCUT2D eigenvalue weighted by atomic mass is 9.81. The van der Waals surface area contributed by atoms with Crippen LogP contribution in [0.3, 0.4) is 0 Å². The standard InChI is InChI=1S/C34H40FN7O/c1-20(2)41-19-37-29-17-28(39-32(31(29)41)38-27-11-12-36-18-26(27)35)22-9-10-25-30(14-22)42(33(43)34(25,4)5)24-15-23(16-24)40-13-7-6-8-21(40)3/h9-12,14,17-21,23-24H,6-8,13,15-16H2,1-5H3,(H,36,38,39)/t21-,23-,24+/m0/s1. The van der Waals surface area contributed by atoms with Crippen LogP contribution in [0.25, 0.3) is 22.3 Å². The third-order valence-corrected chi connectivity index (χ3v) is 9.89. The summed E-state index contributed by atoms with van der Waals surface area (Å²) in [5, 5.41) is 3.21. The highest BCUT2D eigenvalue weighted by Gasteiger charge is 2.50. The maximum Gasteiger partial charge on any atom is 0.237 e. The fraction of sp³-hybridized carbons (Fsp3) is 0.471. The van der Waals surface area contributed by atoms with Crippen LogP contribution in [-0.2, 0) is 10.2 Å². The molecule has 1 N–H and O–H groups in total. The number of piperidine rings is 1. The molecular weight excluding hydrogens is 541 g/mol. The Balaban J connectivity index is 1.26. The van der Waals surface area contributed by atoms with Gasteiger partial charge in [-0.05, 0) is 90.6 Å². The quantitative estimate of drug-likeness (QED) is 0.265. The highest BCUT2D eigenvalue weighted by Crippen LogP contribution is 2.48. The third kappa shape index (κ3) is 4.60. The van der Waals surface area contributed by atoms with Crippen LogP contribution in [0.5, 0.6) is 0 Å². The lowest BCUT2D eigenvalue weighted by molar-refractivity contribution is -0.123. The molecule has 1 aromatic carbocycles. The smallest absolute Gasteiger partial charge is 0.237 e. The molecule has 224 valence electrons. The second kappa shape index (κ2) is 10.4. The number of halogens is 1. The monoisotopic (exact) mass is 581 g/mol. The minimum absolute atomic E-state index is 0.140. The molecule has 9 heteroatoms. The summed E-state index contributed by atoms with van der Waals surface area (Å²) in [6.45, 7) is 11.7. The molecule has 3 aromatic heterocycles. The molecule has 43 heavy (non-hydrogen) atoms. The van der Waals surface area contributed by atoms with Gasteiger partial charge in [0.2, 0.25) is 5.91 Å². The summed E-state index contributed by atoms with van der Waals surface area (Å²) < 4.78 is 16.7.